The predicted octanol–water partition coefficient (Wildman–Crippen LogP) is 4.42. The van der Waals surface area contributed by atoms with Crippen molar-refractivity contribution >= 4 is 27.3 Å². The molecule has 4 rings (SSSR count). The molecule has 7 nitrogen and oxygen atoms in total. The average Bonchev–Trinajstić information content (AvgIpc) is 2.88. The highest BCUT2D eigenvalue weighted by molar-refractivity contribution is 7.92. The van der Waals surface area contributed by atoms with Gasteiger partial charge in [0.2, 0.25) is 0 Å². The number of rotatable bonds is 8. The van der Waals surface area contributed by atoms with Crippen molar-refractivity contribution in [2.75, 3.05) is 28.8 Å². The lowest BCUT2D eigenvalue weighted by molar-refractivity contribution is -0.127. The number of aryl methyl sites for hydroxylation is 2. The summed E-state index contributed by atoms with van der Waals surface area (Å²) in [6.45, 7) is 10.1. The van der Waals surface area contributed by atoms with Gasteiger partial charge in [0, 0.05) is 25.3 Å². The molecule has 0 radical (unpaired) electrons. The van der Waals surface area contributed by atoms with E-state index in [0.717, 1.165) is 35.5 Å². The van der Waals surface area contributed by atoms with E-state index in [1.807, 2.05) is 44.2 Å². The van der Waals surface area contributed by atoms with E-state index in [0.29, 0.717) is 18.0 Å². The molecule has 1 aliphatic rings. The number of hydrogen-bond acceptors (Lipinski definition) is 5. The van der Waals surface area contributed by atoms with Gasteiger partial charge in [-0.25, -0.2) is 8.42 Å². The summed E-state index contributed by atoms with van der Waals surface area (Å²) < 4.78 is 34.4. The van der Waals surface area contributed by atoms with Crippen LogP contribution in [0.2, 0.25) is 0 Å². The number of carbonyl (C=O) groups is 1. The van der Waals surface area contributed by atoms with Gasteiger partial charge in [-0.1, -0.05) is 35.9 Å². The minimum absolute atomic E-state index is 0.112. The summed E-state index contributed by atoms with van der Waals surface area (Å²) in [4.78, 5) is 15.5. The maximum atomic E-state index is 13.6. The number of fused-ring (bicyclic) bond motifs is 1. The van der Waals surface area contributed by atoms with Crippen molar-refractivity contribution in [3.8, 4) is 5.75 Å². The van der Waals surface area contributed by atoms with Gasteiger partial charge in [0.1, 0.15) is 5.75 Å². The number of nitrogens with zero attached hydrogens (tertiary/aromatic N) is 2. The smallest absolute Gasteiger partial charge is 0.264 e. The quantitative estimate of drug-likeness (QED) is 0.488. The van der Waals surface area contributed by atoms with Gasteiger partial charge in [-0.05, 0) is 75.2 Å². The molecule has 1 N–H and O–H groups in total. The number of ether oxygens (including phenoxy) is 1. The summed E-state index contributed by atoms with van der Waals surface area (Å²) in [5, 5.41) is 2.91. The highest BCUT2D eigenvalue weighted by atomic mass is 32.2. The predicted molar refractivity (Wildman–Crippen MR) is 143 cm³/mol. The maximum Gasteiger partial charge on any atom is 0.264 e. The number of carbonyl (C=O) groups excluding carboxylic acids is 1. The monoisotopic (exact) mass is 507 g/mol. The van der Waals surface area contributed by atoms with Crippen LogP contribution in [0.3, 0.4) is 0 Å². The van der Waals surface area contributed by atoms with Gasteiger partial charge in [0.25, 0.3) is 15.9 Å². The van der Waals surface area contributed by atoms with Crippen LogP contribution in [0.4, 0.5) is 11.4 Å². The largest absolute Gasteiger partial charge is 0.476 e. The van der Waals surface area contributed by atoms with E-state index in [1.54, 1.807) is 36.4 Å². The standard InChI is InChI=1S/C28H33N3O4S/c1-5-30(6-2)23-12-10-22(11-13-23)18-29-28(32)27-19-31(25-17-21(4)9-16-26(25)35-27)36(33,34)24-14-7-20(3)8-15-24/h7-17,27H,5-6,18-19H2,1-4H3,(H,29,32)/t27-/m1/s1. The first kappa shape index (κ1) is 25.6. The van der Waals surface area contributed by atoms with Crippen LogP contribution < -0.4 is 19.3 Å². The lowest BCUT2D eigenvalue weighted by Crippen LogP contribution is -2.50. The van der Waals surface area contributed by atoms with Gasteiger partial charge in [-0.3, -0.25) is 9.10 Å². The minimum Gasteiger partial charge on any atom is -0.476 e. The first-order chi connectivity index (χ1) is 17.2. The van der Waals surface area contributed by atoms with E-state index in [-0.39, 0.29) is 17.3 Å². The average molecular weight is 508 g/mol. The number of sulfonamides is 1. The summed E-state index contributed by atoms with van der Waals surface area (Å²) in [6.07, 6.45) is -0.977. The van der Waals surface area contributed by atoms with Crippen LogP contribution in [0, 0.1) is 13.8 Å². The van der Waals surface area contributed by atoms with Crippen molar-refractivity contribution in [1.29, 1.82) is 0 Å². The molecule has 0 spiro atoms. The molecule has 1 amide bonds. The first-order valence-electron chi connectivity index (χ1n) is 12.2. The molecule has 0 unspecified atom stereocenters. The molecular weight excluding hydrogens is 474 g/mol. The molecular formula is C28H33N3O4S. The molecule has 3 aromatic carbocycles. The van der Waals surface area contributed by atoms with Crippen LogP contribution in [0.1, 0.15) is 30.5 Å². The topological polar surface area (TPSA) is 79.0 Å². The summed E-state index contributed by atoms with van der Waals surface area (Å²) in [6, 6.07) is 20.1. The van der Waals surface area contributed by atoms with Gasteiger partial charge in [-0.2, -0.15) is 0 Å². The fraction of sp³-hybridized carbons (Fsp3) is 0.321. The first-order valence-corrected chi connectivity index (χ1v) is 13.6. The van der Waals surface area contributed by atoms with Crippen LogP contribution in [0.15, 0.2) is 71.6 Å². The highest BCUT2D eigenvalue weighted by Crippen LogP contribution is 2.37. The Balaban J connectivity index is 1.53. The van der Waals surface area contributed by atoms with Gasteiger partial charge >= 0.3 is 0 Å². The van der Waals surface area contributed by atoms with Crippen LogP contribution in [-0.4, -0.2) is 40.1 Å². The molecule has 3 aromatic rings. The Bertz CT molecular complexity index is 1320. The number of hydrogen-bond donors (Lipinski definition) is 1. The number of anilines is 2. The highest BCUT2D eigenvalue weighted by Gasteiger charge is 2.37. The molecule has 0 aromatic heterocycles. The molecule has 0 saturated heterocycles. The third-order valence-electron chi connectivity index (χ3n) is 6.42. The lowest BCUT2D eigenvalue weighted by atomic mass is 10.1. The van der Waals surface area contributed by atoms with Crippen molar-refractivity contribution < 1.29 is 17.9 Å². The molecule has 8 heteroatoms. The number of amides is 1. The van der Waals surface area contributed by atoms with E-state index in [9.17, 15) is 13.2 Å². The molecule has 0 aliphatic carbocycles. The molecule has 0 saturated carbocycles. The second-order valence-electron chi connectivity index (χ2n) is 8.98. The fourth-order valence-electron chi connectivity index (χ4n) is 4.28. The van der Waals surface area contributed by atoms with Crippen molar-refractivity contribution in [2.24, 2.45) is 0 Å². The van der Waals surface area contributed by atoms with E-state index >= 15 is 0 Å². The van der Waals surface area contributed by atoms with Gasteiger partial charge < -0.3 is 15.0 Å². The molecule has 36 heavy (non-hydrogen) atoms. The van der Waals surface area contributed by atoms with E-state index < -0.39 is 16.1 Å². The Hall–Kier alpha value is -3.52. The third kappa shape index (κ3) is 5.33. The van der Waals surface area contributed by atoms with Crippen LogP contribution in [0.25, 0.3) is 0 Å². The van der Waals surface area contributed by atoms with Crippen molar-refractivity contribution in [3.05, 3.63) is 83.4 Å². The minimum atomic E-state index is -3.89. The van der Waals surface area contributed by atoms with E-state index in [2.05, 4.69) is 24.1 Å². The molecule has 0 bridgehead atoms. The zero-order chi connectivity index (χ0) is 25.9. The van der Waals surface area contributed by atoms with Crippen molar-refractivity contribution in [3.63, 3.8) is 0 Å². The molecule has 1 aliphatic heterocycles. The van der Waals surface area contributed by atoms with Crippen LogP contribution in [-0.2, 0) is 21.4 Å². The number of benzene rings is 3. The van der Waals surface area contributed by atoms with Crippen molar-refractivity contribution in [2.45, 2.75) is 45.2 Å². The second kappa shape index (κ2) is 10.6. The second-order valence-corrected chi connectivity index (χ2v) is 10.8. The Labute approximate surface area is 213 Å². The summed E-state index contributed by atoms with van der Waals surface area (Å²) in [7, 11) is -3.89. The van der Waals surface area contributed by atoms with Crippen LogP contribution in [0.5, 0.6) is 5.75 Å². The fourth-order valence-corrected chi connectivity index (χ4v) is 5.75. The summed E-state index contributed by atoms with van der Waals surface area (Å²) in [5.74, 6) is 0.00409. The zero-order valence-electron chi connectivity index (χ0n) is 21.2. The number of nitrogens with one attached hydrogen (secondary N) is 1. The Kier molecular flexibility index (Phi) is 7.54. The SMILES string of the molecule is CCN(CC)c1ccc(CNC(=O)[C@H]2CN(S(=O)(=O)c3ccc(C)cc3)c3cc(C)ccc3O2)cc1. The Morgan fingerprint density at radius 1 is 0.972 bits per heavy atom. The van der Waals surface area contributed by atoms with Gasteiger partial charge in [-0.15, -0.1) is 0 Å². The maximum absolute atomic E-state index is 13.6. The Morgan fingerprint density at radius 3 is 2.25 bits per heavy atom. The normalized spacial score (nSPS) is 15.1. The van der Waals surface area contributed by atoms with Gasteiger partial charge in [0.15, 0.2) is 6.10 Å². The van der Waals surface area contributed by atoms with E-state index in [4.69, 9.17) is 4.74 Å². The van der Waals surface area contributed by atoms with Crippen molar-refractivity contribution in [1.82, 2.24) is 5.32 Å². The summed E-state index contributed by atoms with van der Waals surface area (Å²) >= 11 is 0. The lowest BCUT2D eigenvalue weighted by Gasteiger charge is -2.35. The Morgan fingerprint density at radius 2 is 1.61 bits per heavy atom. The third-order valence-corrected chi connectivity index (χ3v) is 8.21. The molecule has 190 valence electrons. The van der Waals surface area contributed by atoms with Crippen LogP contribution >= 0.6 is 0 Å². The summed E-state index contributed by atoms with van der Waals surface area (Å²) in [5.41, 5.74) is 4.39. The zero-order valence-corrected chi connectivity index (χ0v) is 22.0. The molecule has 0 fully saturated rings. The molecule has 1 heterocycles. The molecule has 1 atom stereocenters. The van der Waals surface area contributed by atoms with Gasteiger partial charge in [0.05, 0.1) is 17.1 Å². The van der Waals surface area contributed by atoms with E-state index in [1.165, 1.54) is 4.31 Å².